The highest BCUT2D eigenvalue weighted by Gasteiger charge is 2.06. The predicted molar refractivity (Wildman–Crippen MR) is 95.7 cm³/mol. The van der Waals surface area contributed by atoms with Gasteiger partial charge in [-0.25, -0.2) is 9.37 Å². The van der Waals surface area contributed by atoms with Crippen molar-refractivity contribution in [1.29, 1.82) is 0 Å². The van der Waals surface area contributed by atoms with E-state index >= 15 is 0 Å². The molecule has 1 aromatic carbocycles. The molecule has 5 heteroatoms. The zero-order valence-electron chi connectivity index (χ0n) is 13.7. The van der Waals surface area contributed by atoms with Crippen LogP contribution in [-0.2, 0) is 0 Å². The molecule has 0 bridgehead atoms. The maximum atomic E-state index is 13.9. The van der Waals surface area contributed by atoms with Gasteiger partial charge in [-0.1, -0.05) is 23.8 Å². The van der Waals surface area contributed by atoms with E-state index in [2.05, 4.69) is 39.7 Å². The Kier molecular flexibility index (Phi) is 4.70. The molecule has 0 amide bonds. The van der Waals surface area contributed by atoms with Crippen LogP contribution in [0.25, 0.3) is 0 Å². The molecule has 0 saturated carbocycles. The van der Waals surface area contributed by atoms with Gasteiger partial charge in [0.2, 0.25) is 5.95 Å². The Labute approximate surface area is 140 Å². The molecule has 4 nitrogen and oxygen atoms in total. The monoisotopic (exact) mass is 322 g/mol. The minimum Gasteiger partial charge on any atom is -0.338 e. The molecule has 0 atom stereocenters. The minimum atomic E-state index is -0.316. The fourth-order valence-corrected chi connectivity index (χ4v) is 2.30. The molecule has 0 unspecified atom stereocenters. The molecule has 1 aliphatic carbocycles. The molecular weight excluding hydrogens is 303 g/mol. The summed E-state index contributed by atoms with van der Waals surface area (Å²) in [5, 5.41) is 6.16. The number of nitrogens with one attached hydrogen (secondary N) is 2. The second-order valence-corrected chi connectivity index (χ2v) is 5.74. The Morgan fingerprint density at radius 2 is 1.96 bits per heavy atom. The van der Waals surface area contributed by atoms with E-state index < -0.39 is 0 Å². The van der Waals surface area contributed by atoms with Crippen LogP contribution in [0.3, 0.4) is 0 Å². The van der Waals surface area contributed by atoms with Crippen molar-refractivity contribution in [1.82, 2.24) is 9.97 Å². The van der Waals surface area contributed by atoms with Crippen LogP contribution in [0, 0.1) is 12.7 Å². The number of nitrogens with zero attached hydrogens (tertiary/aromatic N) is 2. The molecule has 0 spiro atoms. The van der Waals surface area contributed by atoms with Crippen molar-refractivity contribution in [3.63, 3.8) is 0 Å². The van der Waals surface area contributed by atoms with E-state index in [0.29, 0.717) is 17.5 Å². The lowest BCUT2D eigenvalue weighted by atomic mass is 10.2. The summed E-state index contributed by atoms with van der Waals surface area (Å²) < 4.78 is 13.9. The van der Waals surface area contributed by atoms with Gasteiger partial charge in [-0.2, -0.15) is 4.98 Å². The highest BCUT2D eigenvalue weighted by atomic mass is 19.1. The fourth-order valence-electron chi connectivity index (χ4n) is 2.30. The van der Waals surface area contributed by atoms with E-state index in [0.717, 1.165) is 17.7 Å². The first-order valence-corrected chi connectivity index (χ1v) is 7.77. The standard InChI is InChI=1S/C19H19FN4/c1-13-4-3-5-15(8-6-13)22-19-21-11-10-18(24-19)23-17-12-14(2)7-9-16(17)20/h3,5-12H,4H2,1-2H3,(H2,21,22,23,24). The van der Waals surface area contributed by atoms with E-state index in [1.54, 1.807) is 24.4 Å². The summed E-state index contributed by atoms with van der Waals surface area (Å²) in [4.78, 5) is 8.60. The summed E-state index contributed by atoms with van der Waals surface area (Å²) >= 11 is 0. The van der Waals surface area contributed by atoms with Gasteiger partial charge in [0.25, 0.3) is 0 Å². The van der Waals surface area contributed by atoms with Gasteiger partial charge >= 0.3 is 0 Å². The van der Waals surface area contributed by atoms with E-state index in [1.165, 1.54) is 11.6 Å². The summed E-state index contributed by atoms with van der Waals surface area (Å²) in [5.41, 5.74) is 3.56. The first kappa shape index (κ1) is 15.9. The number of allylic oxidation sites excluding steroid dienone is 5. The second-order valence-electron chi connectivity index (χ2n) is 5.74. The first-order chi connectivity index (χ1) is 11.6. The van der Waals surface area contributed by atoms with Gasteiger partial charge in [0.1, 0.15) is 11.6 Å². The third kappa shape index (κ3) is 4.07. The molecule has 2 aromatic rings. The zero-order valence-corrected chi connectivity index (χ0v) is 13.7. The highest BCUT2D eigenvalue weighted by Crippen LogP contribution is 2.21. The quantitative estimate of drug-likeness (QED) is 0.843. The smallest absolute Gasteiger partial charge is 0.229 e. The molecule has 122 valence electrons. The second kappa shape index (κ2) is 7.08. The summed E-state index contributed by atoms with van der Waals surface area (Å²) in [7, 11) is 0. The Bertz CT molecular complexity index is 837. The van der Waals surface area contributed by atoms with Gasteiger partial charge in [-0.3, -0.25) is 0 Å². The van der Waals surface area contributed by atoms with Gasteiger partial charge in [0.15, 0.2) is 0 Å². The van der Waals surface area contributed by atoms with Crippen LogP contribution in [0.5, 0.6) is 0 Å². The van der Waals surface area contributed by atoms with Crippen LogP contribution in [0.15, 0.2) is 66.0 Å². The van der Waals surface area contributed by atoms with E-state index in [4.69, 9.17) is 0 Å². The lowest BCUT2D eigenvalue weighted by Crippen LogP contribution is -2.04. The number of aryl methyl sites for hydroxylation is 1. The van der Waals surface area contributed by atoms with Gasteiger partial charge in [-0.05, 0) is 56.2 Å². The molecule has 1 heterocycles. The van der Waals surface area contributed by atoms with E-state index in [9.17, 15) is 4.39 Å². The van der Waals surface area contributed by atoms with Crippen molar-refractivity contribution in [2.45, 2.75) is 20.3 Å². The molecule has 0 aliphatic heterocycles. The molecule has 24 heavy (non-hydrogen) atoms. The number of benzene rings is 1. The van der Waals surface area contributed by atoms with E-state index in [-0.39, 0.29) is 5.82 Å². The van der Waals surface area contributed by atoms with Gasteiger partial charge in [0.05, 0.1) is 5.69 Å². The van der Waals surface area contributed by atoms with Crippen molar-refractivity contribution in [3.05, 3.63) is 77.4 Å². The van der Waals surface area contributed by atoms with Crippen molar-refractivity contribution >= 4 is 17.5 Å². The summed E-state index contributed by atoms with van der Waals surface area (Å²) in [5.74, 6) is 0.669. The summed E-state index contributed by atoms with van der Waals surface area (Å²) in [6.07, 6.45) is 10.7. The van der Waals surface area contributed by atoms with Crippen LogP contribution >= 0.6 is 0 Å². The maximum absolute atomic E-state index is 13.9. The van der Waals surface area contributed by atoms with E-state index in [1.807, 2.05) is 19.1 Å². The van der Waals surface area contributed by atoms with Crippen molar-refractivity contribution < 1.29 is 4.39 Å². The number of hydrogen-bond acceptors (Lipinski definition) is 4. The number of anilines is 3. The minimum absolute atomic E-state index is 0.316. The normalized spacial score (nSPS) is 13.8. The third-order valence-electron chi connectivity index (χ3n) is 3.58. The third-order valence-corrected chi connectivity index (χ3v) is 3.58. The van der Waals surface area contributed by atoms with Crippen molar-refractivity contribution in [2.75, 3.05) is 10.6 Å². The number of hydrogen-bond donors (Lipinski definition) is 2. The summed E-state index contributed by atoms with van der Waals surface area (Å²) in [6.45, 7) is 4.00. The number of rotatable bonds is 4. The molecule has 0 fully saturated rings. The lowest BCUT2D eigenvalue weighted by molar-refractivity contribution is 0.631. The SMILES string of the molecule is CC1=CC=C(Nc2nccc(Nc3cc(C)ccc3F)n2)C=CC1. The number of aromatic nitrogens is 2. The van der Waals surface area contributed by atoms with Gasteiger partial charge in [-0.15, -0.1) is 0 Å². The maximum Gasteiger partial charge on any atom is 0.229 e. The average Bonchev–Trinajstić information content (AvgIpc) is 2.76. The van der Waals surface area contributed by atoms with Gasteiger partial charge < -0.3 is 10.6 Å². The van der Waals surface area contributed by atoms with Crippen molar-refractivity contribution in [3.8, 4) is 0 Å². The largest absolute Gasteiger partial charge is 0.338 e. The topological polar surface area (TPSA) is 49.8 Å². The van der Waals surface area contributed by atoms with Crippen LogP contribution in [0.2, 0.25) is 0 Å². The first-order valence-electron chi connectivity index (χ1n) is 7.77. The van der Waals surface area contributed by atoms with Crippen LogP contribution in [0.1, 0.15) is 18.9 Å². The molecule has 0 radical (unpaired) electrons. The molecular formula is C19H19FN4. The van der Waals surface area contributed by atoms with Crippen LogP contribution < -0.4 is 10.6 Å². The summed E-state index contributed by atoms with van der Waals surface area (Å²) in [6, 6.07) is 6.62. The molecule has 1 aliphatic rings. The van der Waals surface area contributed by atoms with Crippen LogP contribution in [0.4, 0.5) is 21.8 Å². The molecule has 0 saturated heterocycles. The Balaban J connectivity index is 1.78. The molecule has 3 rings (SSSR count). The van der Waals surface area contributed by atoms with Crippen molar-refractivity contribution in [2.24, 2.45) is 0 Å². The highest BCUT2D eigenvalue weighted by molar-refractivity contribution is 5.59. The number of halogens is 1. The Morgan fingerprint density at radius 3 is 2.83 bits per heavy atom. The van der Waals surface area contributed by atoms with Gasteiger partial charge in [0, 0.05) is 11.9 Å². The molecule has 2 N–H and O–H groups in total. The Morgan fingerprint density at radius 1 is 1.08 bits per heavy atom. The Hall–Kier alpha value is -2.95. The lowest BCUT2D eigenvalue weighted by Gasteiger charge is -2.10. The fraction of sp³-hybridized carbons (Fsp3) is 0.158. The predicted octanol–water partition coefficient (Wildman–Crippen LogP) is 4.87. The average molecular weight is 322 g/mol. The zero-order chi connectivity index (χ0) is 16.9. The molecule has 1 aromatic heterocycles. The van der Waals surface area contributed by atoms with Crippen LogP contribution in [-0.4, -0.2) is 9.97 Å².